The zero-order valence-electron chi connectivity index (χ0n) is 7.45. The molecule has 74 valence electrons. The second-order valence-electron chi connectivity index (χ2n) is 3.11. The minimum Gasteiger partial charge on any atom is -0.480 e. The molecule has 0 aromatic rings. The van der Waals surface area contributed by atoms with Gasteiger partial charge in [-0.05, 0) is 12.8 Å². The molecule has 0 amide bonds. The number of carbonyl (C=O) groups excluding carboxylic acids is 1. The van der Waals surface area contributed by atoms with Crippen LogP contribution in [0.1, 0.15) is 19.3 Å². The van der Waals surface area contributed by atoms with Gasteiger partial charge in [0.15, 0.2) is 0 Å². The van der Waals surface area contributed by atoms with Gasteiger partial charge in [-0.15, -0.1) is 0 Å². The molecule has 13 heavy (non-hydrogen) atoms. The van der Waals surface area contributed by atoms with E-state index in [-0.39, 0.29) is 18.4 Å². The fourth-order valence-electron chi connectivity index (χ4n) is 1.46. The molecule has 0 aromatic heterocycles. The molecule has 1 rings (SSSR count). The van der Waals surface area contributed by atoms with Crippen molar-refractivity contribution in [3.05, 3.63) is 0 Å². The van der Waals surface area contributed by atoms with Crippen molar-refractivity contribution in [1.29, 1.82) is 0 Å². The topological polar surface area (TPSA) is 75.6 Å². The minimum absolute atomic E-state index is 0.0476. The maximum Gasteiger partial charge on any atom is 0.320 e. The summed E-state index contributed by atoms with van der Waals surface area (Å²) < 4.78 is 4.48. The number of methoxy groups -OCH3 is 1. The molecule has 0 radical (unpaired) electrons. The molecule has 0 unspecified atom stereocenters. The van der Waals surface area contributed by atoms with Gasteiger partial charge >= 0.3 is 11.9 Å². The van der Waals surface area contributed by atoms with Gasteiger partial charge in [0.25, 0.3) is 0 Å². The Balaban J connectivity index is 2.33. The van der Waals surface area contributed by atoms with E-state index in [4.69, 9.17) is 5.11 Å². The monoisotopic (exact) mass is 187 g/mol. The van der Waals surface area contributed by atoms with E-state index in [1.54, 1.807) is 0 Å². The predicted molar refractivity (Wildman–Crippen MR) is 44.2 cm³/mol. The minimum atomic E-state index is -0.854. The summed E-state index contributed by atoms with van der Waals surface area (Å²) in [7, 11) is 1.33. The number of carboxylic acids is 1. The maximum absolute atomic E-state index is 10.8. The normalized spacial score (nSPS) is 27.2. The number of aliphatic carboxylic acids is 1. The molecule has 2 N–H and O–H groups in total. The van der Waals surface area contributed by atoms with Gasteiger partial charge in [0.2, 0.25) is 0 Å². The zero-order valence-corrected chi connectivity index (χ0v) is 7.45. The number of nitrogens with one attached hydrogen (secondary N) is 1. The van der Waals surface area contributed by atoms with E-state index in [2.05, 4.69) is 10.1 Å². The quantitative estimate of drug-likeness (QED) is 0.596. The van der Waals surface area contributed by atoms with Crippen molar-refractivity contribution >= 4 is 11.9 Å². The summed E-state index contributed by atoms with van der Waals surface area (Å²) in [4.78, 5) is 21.4. The highest BCUT2D eigenvalue weighted by Crippen LogP contribution is 2.15. The molecule has 1 aliphatic rings. The molecule has 0 bridgehead atoms. The summed E-state index contributed by atoms with van der Waals surface area (Å²) in [5.41, 5.74) is 0. The highest BCUT2D eigenvalue weighted by atomic mass is 16.5. The molecule has 0 saturated carbocycles. The van der Waals surface area contributed by atoms with Crippen LogP contribution in [-0.4, -0.2) is 36.2 Å². The lowest BCUT2D eigenvalue weighted by Gasteiger charge is -2.09. The van der Waals surface area contributed by atoms with Crippen LogP contribution in [0.25, 0.3) is 0 Å². The highest BCUT2D eigenvalue weighted by molar-refractivity contribution is 5.74. The van der Waals surface area contributed by atoms with Crippen molar-refractivity contribution in [2.75, 3.05) is 7.11 Å². The number of hydrogen-bond acceptors (Lipinski definition) is 4. The molecule has 1 heterocycles. The largest absolute Gasteiger partial charge is 0.480 e. The summed E-state index contributed by atoms with van der Waals surface area (Å²) in [6, 6.07) is -0.553. The first-order valence-electron chi connectivity index (χ1n) is 4.19. The smallest absolute Gasteiger partial charge is 0.320 e. The zero-order chi connectivity index (χ0) is 9.84. The lowest BCUT2D eigenvalue weighted by Crippen LogP contribution is -2.36. The third-order valence-corrected chi connectivity index (χ3v) is 2.18. The summed E-state index contributed by atoms with van der Waals surface area (Å²) >= 11 is 0. The Morgan fingerprint density at radius 2 is 2.23 bits per heavy atom. The van der Waals surface area contributed by atoms with Crippen LogP contribution in [0.2, 0.25) is 0 Å². The first-order chi connectivity index (χ1) is 6.13. The van der Waals surface area contributed by atoms with Crippen LogP contribution in [-0.2, 0) is 14.3 Å². The SMILES string of the molecule is COC(=O)C[C@H]1CC[C@@H](C(=O)O)N1. The van der Waals surface area contributed by atoms with E-state index in [1.807, 2.05) is 0 Å². The first-order valence-corrected chi connectivity index (χ1v) is 4.19. The van der Waals surface area contributed by atoms with Crippen LogP contribution in [0.3, 0.4) is 0 Å². The van der Waals surface area contributed by atoms with Gasteiger partial charge in [-0.25, -0.2) is 0 Å². The van der Waals surface area contributed by atoms with E-state index in [0.29, 0.717) is 12.8 Å². The van der Waals surface area contributed by atoms with Crippen LogP contribution in [0.5, 0.6) is 0 Å². The van der Waals surface area contributed by atoms with Gasteiger partial charge in [-0.3, -0.25) is 9.59 Å². The van der Waals surface area contributed by atoms with Gasteiger partial charge in [0.05, 0.1) is 13.5 Å². The molecule has 1 fully saturated rings. The number of carboxylic acid groups (broad SMARTS) is 1. The van der Waals surface area contributed by atoms with E-state index >= 15 is 0 Å². The molecule has 0 aromatic carbocycles. The predicted octanol–water partition coefficient (Wildman–Crippen LogP) is -0.245. The Hall–Kier alpha value is -1.10. The fourth-order valence-corrected chi connectivity index (χ4v) is 1.46. The molecular formula is C8H13NO4. The number of rotatable bonds is 3. The maximum atomic E-state index is 10.8. The second-order valence-corrected chi connectivity index (χ2v) is 3.11. The third kappa shape index (κ3) is 2.69. The van der Waals surface area contributed by atoms with Gasteiger partial charge in [-0.2, -0.15) is 0 Å². The van der Waals surface area contributed by atoms with E-state index in [9.17, 15) is 9.59 Å². The highest BCUT2D eigenvalue weighted by Gasteiger charge is 2.29. The van der Waals surface area contributed by atoms with Crippen LogP contribution >= 0.6 is 0 Å². The Kier molecular flexibility index (Phi) is 3.25. The fraction of sp³-hybridized carbons (Fsp3) is 0.750. The van der Waals surface area contributed by atoms with Crippen molar-refractivity contribution in [3.63, 3.8) is 0 Å². The number of ether oxygens (including phenoxy) is 1. The van der Waals surface area contributed by atoms with Crippen LogP contribution in [0, 0.1) is 0 Å². The molecule has 5 heteroatoms. The summed E-state index contributed by atoms with van der Waals surface area (Å²) in [5, 5.41) is 11.5. The molecule has 0 spiro atoms. The average Bonchev–Trinajstić information content (AvgIpc) is 2.52. The number of esters is 1. The standard InChI is InChI=1S/C8H13NO4/c1-13-7(10)4-5-2-3-6(9-5)8(11)12/h5-6,9H,2-4H2,1H3,(H,11,12)/t5-,6+/m1/s1. The molecule has 5 nitrogen and oxygen atoms in total. The van der Waals surface area contributed by atoms with Gasteiger partial charge in [-0.1, -0.05) is 0 Å². The van der Waals surface area contributed by atoms with Gasteiger partial charge < -0.3 is 15.2 Å². The Morgan fingerprint density at radius 1 is 1.54 bits per heavy atom. The van der Waals surface area contributed by atoms with Crippen LogP contribution < -0.4 is 5.32 Å². The molecular weight excluding hydrogens is 174 g/mol. The Morgan fingerprint density at radius 3 is 2.69 bits per heavy atom. The third-order valence-electron chi connectivity index (χ3n) is 2.18. The first kappa shape index (κ1) is 9.98. The second kappa shape index (κ2) is 4.23. The molecule has 2 atom stereocenters. The Bertz CT molecular complexity index is 216. The average molecular weight is 187 g/mol. The van der Waals surface area contributed by atoms with Gasteiger partial charge in [0.1, 0.15) is 6.04 Å². The van der Waals surface area contributed by atoms with Crippen molar-refractivity contribution in [3.8, 4) is 0 Å². The molecule has 0 aliphatic carbocycles. The van der Waals surface area contributed by atoms with E-state index < -0.39 is 12.0 Å². The van der Waals surface area contributed by atoms with Gasteiger partial charge in [0, 0.05) is 6.04 Å². The van der Waals surface area contributed by atoms with Crippen molar-refractivity contribution in [2.45, 2.75) is 31.3 Å². The number of hydrogen-bond donors (Lipinski definition) is 2. The van der Waals surface area contributed by atoms with Crippen LogP contribution in [0.15, 0.2) is 0 Å². The number of carbonyl (C=O) groups is 2. The lowest BCUT2D eigenvalue weighted by molar-refractivity contribution is -0.142. The summed E-state index contributed by atoms with van der Waals surface area (Å²) in [5.74, 6) is -1.16. The van der Waals surface area contributed by atoms with Crippen molar-refractivity contribution < 1.29 is 19.4 Å². The lowest BCUT2D eigenvalue weighted by atomic mass is 10.1. The summed E-state index contributed by atoms with van der Waals surface area (Å²) in [6.07, 6.45) is 1.54. The Labute approximate surface area is 76.1 Å². The molecule has 1 aliphatic heterocycles. The summed E-state index contributed by atoms with van der Waals surface area (Å²) in [6.45, 7) is 0. The van der Waals surface area contributed by atoms with E-state index in [0.717, 1.165) is 0 Å². The van der Waals surface area contributed by atoms with Crippen molar-refractivity contribution in [1.82, 2.24) is 5.32 Å². The molecule has 1 saturated heterocycles. The van der Waals surface area contributed by atoms with Crippen LogP contribution in [0.4, 0.5) is 0 Å². The van der Waals surface area contributed by atoms with E-state index in [1.165, 1.54) is 7.11 Å². The van der Waals surface area contributed by atoms with Crippen molar-refractivity contribution in [2.24, 2.45) is 0 Å².